The zero-order valence-electron chi connectivity index (χ0n) is 19.5. The van der Waals surface area contributed by atoms with Crippen LogP contribution in [0.1, 0.15) is 35.1 Å². The summed E-state index contributed by atoms with van der Waals surface area (Å²) in [5.41, 5.74) is 4.69. The first kappa shape index (κ1) is 22.7. The van der Waals surface area contributed by atoms with E-state index in [-0.39, 0.29) is 18.5 Å². The molecule has 3 heterocycles. The van der Waals surface area contributed by atoms with Crippen LogP contribution in [-0.4, -0.2) is 41.0 Å². The van der Waals surface area contributed by atoms with Crippen LogP contribution in [0.5, 0.6) is 11.5 Å². The fraction of sp³-hybridized carbons (Fsp3) is 0.385. The van der Waals surface area contributed by atoms with Crippen molar-refractivity contribution in [3.05, 3.63) is 69.0 Å². The number of hydrogen-bond donors (Lipinski definition) is 2. The molecule has 7 nitrogen and oxygen atoms in total. The third-order valence-electron chi connectivity index (χ3n) is 6.33. The number of hydrogen-bond acceptors (Lipinski definition) is 5. The van der Waals surface area contributed by atoms with Gasteiger partial charge in [0.05, 0.1) is 18.2 Å². The first-order chi connectivity index (χ1) is 16.5. The Morgan fingerprint density at radius 1 is 1.15 bits per heavy atom. The van der Waals surface area contributed by atoms with Gasteiger partial charge in [-0.3, -0.25) is 4.79 Å². The van der Waals surface area contributed by atoms with Crippen LogP contribution >= 0.6 is 12.2 Å². The molecule has 34 heavy (non-hydrogen) atoms. The van der Waals surface area contributed by atoms with Crippen LogP contribution in [0.3, 0.4) is 0 Å². The van der Waals surface area contributed by atoms with E-state index in [9.17, 15) is 4.79 Å². The van der Waals surface area contributed by atoms with Gasteiger partial charge in [-0.05, 0) is 79.7 Å². The lowest BCUT2D eigenvalue weighted by Crippen LogP contribution is -2.42. The van der Waals surface area contributed by atoms with Crippen LogP contribution in [0.25, 0.3) is 10.9 Å². The van der Waals surface area contributed by atoms with Gasteiger partial charge in [-0.2, -0.15) is 0 Å². The van der Waals surface area contributed by atoms with E-state index >= 15 is 0 Å². The number of pyridine rings is 1. The molecule has 1 aromatic heterocycles. The summed E-state index contributed by atoms with van der Waals surface area (Å²) in [5.74, 6) is 1.47. The highest BCUT2D eigenvalue weighted by atomic mass is 32.1. The van der Waals surface area contributed by atoms with Crippen molar-refractivity contribution in [1.82, 2.24) is 15.2 Å². The predicted molar refractivity (Wildman–Crippen MR) is 135 cm³/mol. The number of aromatic nitrogens is 1. The highest BCUT2D eigenvalue weighted by Gasteiger charge is 2.20. The zero-order valence-corrected chi connectivity index (χ0v) is 20.3. The SMILES string of the molecule is Cc1cc(C)c2[nH]c(=O)c(CN(Cc3ccc4c(c3)OCO4)C(=S)NCC3CCCO3)cc2c1. The molecular formula is C26H29N3O4S. The molecule has 0 bridgehead atoms. The zero-order chi connectivity index (χ0) is 23.7. The molecular weight excluding hydrogens is 450 g/mol. The Balaban J connectivity index is 1.41. The van der Waals surface area contributed by atoms with Crippen molar-refractivity contribution in [1.29, 1.82) is 0 Å². The van der Waals surface area contributed by atoms with E-state index in [4.69, 9.17) is 26.4 Å². The lowest BCUT2D eigenvalue weighted by atomic mass is 10.0. The summed E-state index contributed by atoms with van der Waals surface area (Å²) in [6, 6.07) is 12.0. The summed E-state index contributed by atoms with van der Waals surface area (Å²) < 4.78 is 16.7. The first-order valence-corrected chi connectivity index (χ1v) is 12.0. The van der Waals surface area contributed by atoms with Crippen molar-refractivity contribution in [3.8, 4) is 11.5 Å². The maximum atomic E-state index is 13.0. The van der Waals surface area contributed by atoms with E-state index in [2.05, 4.69) is 29.4 Å². The van der Waals surface area contributed by atoms with Gasteiger partial charge >= 0.3 is 0 Å². The van der Waals surface area contributed by atoms with Crippen molar-refractivity contribution in [3.63, 3.8) is 0 Å². The quantitative estimate of drug-likeness (QED) is 0.519. The second-order valence-corrected chi connectivity index (χ2v) is 9.42. The van der Waals surface area contributed by atoms with Gasteiger partial charge in [-0.15, -0.1) is 0 Å². The lowest BCUT2D eigenvalue weighted by Gasteiger charge is -2.27. The van der Waals surface area contributed by atoms with Crippen LogP contribution in [0.15, 0.2) is 41.2 Å². The summed E-state index contributed by atoms with van der Waals surface area (Å²) in [6.45, 7) is 6.67. The van der Waals surface area contributed by atoms with Crippen molar-refractivity contribution in [2.75, 3.05) is 19.9 Å². The Labute approximate surface area is 204 Å². The van der Waals surface area contributed by atoms with Gasteiger partial charge in [-0.1, -0.05) is 17.7 Å². The van der Waals surface area contributed by atoms with Crippen molar-refractivity contribution in [2.24, 2.45) is 0 Å². The number of fused-ring (bicyclic) bond motifs is 2. The van der Waals surface area contributed by atoms with Crippen molar-refractivity contribution >= 4 is 28.2 Å². The van der Waals surface area contributed by atoms with Crippen LogP contribution in [0.4, 0.5) is 0 Å². The number of rotatable bonds is 6. The Bertz CT molecular complexity index is 1280. The Morgan fingerprint density at radius 3 is 2.82 bits per heavy atom. The third-order valence-corrected chi connectivity index (χ3v) is 6.74. The highest BCUT2D eigenvalue weighted by molar-refractivity contribution is 7.80. The molecule has 0 saturated carbocycles. The molecule has 0 radical (unpaired) electrons. The van der Waals surface area contributed by atoms with Gasteiger partial charge in [0.2, 0.25) is 6.79 Å². The van der Waals surface area contributed by atoms with Crippen LogP contribution < -0.4 is 20.3 Å². The van der Waals surface area contributed by atoms with Crippen LogP contribution in [-0.2, 0) is 17.8 Å². The van der Waals surface area contributed by atoms with E-state index < -0.39 is 0 Å². The Hall–Kier alpha value is -3.10. The van der Waals surface area contributed by atoms with Crippen LogP contribution in [0.2, 0.25) is 0 Å². The molecule has 0 amide bonds. The fourth-order valence-electron chi connectivity index (χ4n) is 4.63. The average molecular weight is 480 g/mol. The molecule has 2 aliphatic rings. The molecule has 0 spiro atoms. The smallest absolute Gasteiger partial charge is 0.253 e. The number of ether oxygens (including phenoxy) is 3. The summed E-state index contributed by atoms with van der Waals surface area (Å²) >= 11 is 5.78. The average Bonchev–Trinajstić information content (AvgIpc) is 3.49. The minimum atomic E-state index is -0.0999. The minimum Gasteiger partial charge on any atom is -0.454 e. The van der Waals surface area contributed by atoms with Gasteiger partial charge in [0, 0.05) is 25.3 Å². The molecule has 8 heteroatoms. The van der Waals surface area contributed by atoms with E-state index in [1.165, 1.54) is 0 Å². The molecule has 1 saturated heterocycles. The number of nitrogens with zero attached hydrogens (tertiary/aromatic N) is 1. The molecule has 178 valence electrons. The molecule has 2 N–H and O–H groups in total. The second kappa shape index (κ2) is 9.64. The normalized spacial score (nSPS) is 16.7. The maximum absolute atomic E-state index is 13.0. The van der Waals surface area contributed by atoms with E-state index in [0.29, 0.717) is 30.3 Å². The number of nitrogens with one attached hydrogen (secondary N) is 2. The molecule has 1 unspecified atom stereocenters. The number of thiocarbonyl (C=S) groups is 1. The predicted octanol–water partition coefficient (Wildman–Crippen LogP) is 3.93. The van der Waals surface area contributed by atoms with E-state index in [0.717, 1.165) is 58.5 Å². The van der Waals surface area contributed by atoms with E-state index in [1.807, 2.05) is 36.1 Å². The van der Waals surface area contributed by atoms with Gasteiger partial charge in [0.25, 0.3) is 5.56 Å². The molecule has 1 fully saturated rings. The largest absolute Gasteiger partial charge is 0.454 e. The molecule has 2 aliphatic heterocycles. The standard InChI is InChI=1S/C26H29N3O4S/c1-16-8-17(2)24-19(9-16)11-20(25(30)28-24)14-29(26(34)27-12-21-4-3-7-31-21)13-18-5-6-22-23(10-18)33-15-32-22/h5-6,8-11,21H,3-4,7,12-15H2,1-2H3,(H,27,34)(H,28,30). The Kier molecular flexibility index (Phi) is 6.43. The molecule has 5 rings (SSSR count). The maximum Gasteiger partial charge on any atom is 0.253 e. The lowest BCUT2D eigenvalue weighted by molar-refractivity contribution is 0.113. The topological polar surface area (TPSA) is 75.8 Å². The number of aryl methyl sites for hydroxylation is 2. The second-order valence-electron chi connectivity index (χ2n) is 9.03. The van der Waals surface area contributed by atoms with Gasteiger partial charge in [0.15, 0.2) is 16.6 Å². The molecule has 3 aromatic rings. The molecule has 2 aromatic carbocycles. The monoisotopic (exact) mass is 479 g/mol. The Morgan fingerprint density at radius 2 is 2.00 bits per heavy atom. The minimum absolute atomic E-state index is 0.0999. The summed E-state index contributed by atoms with van der Waals surface area (Å²) in [6.07, 6.45) is 2.27. The number of H-pyrrole nitrogens is 1. The molecule has 1 atom stereocenters. The summed E-state index contributed by atoms with van der Waals surface area (Å²) in [4.78, 5) is 18.1. The molecule has 0 aliphatic carbocycles. The van der Waals surface area contributed by atoms with Crippen molar-refractivity contribution < 1.29 is 14.2 Å². The number of benzene rings is 2. The van der Waals surface area contributed by atoms with Crippen molar-refractivity contribution in [2.45, 2.75) is 45.9 Å². The first-order valence-electron chi connectivity index (χ1n) is 11.6. The van der Waals surface area contributed by atoms with Crippen LogP contribution in [0, 0.1) is 13.8 Å². The van der Waals surface area contributed by atoms with Gasteiger partial charge in [0.1, 0.15) is 0 Å². The fourth-order valence-corrected chi connectivity index (χ4v) is 4.85. The van der Waals surface area contributed by atoms with E-state index in [1.54, 1.807) is 0 Å². The third kappa shape index (κ3) is 4.88. The number of aromatic amines is 1. The summed E-state index contributed by atoms with van der Waals surface area (Å²) in [7, 11) is 0. The van der Waals surface area contributed by atoms with Gasteiger partial charge < -0.3 is 29.4 Å². The van der Waals surface area contributed by atoms with Gasteiger partial charge in [-0.25, -0.2) is 0 Å². The summed E-state index contributed by atoms with van der Waals surface area (Å²) in [5, 5.41) is 4.97. The highest BCUT2D eigenvalue weighted by Crippen LogP contribution is 2.33.